The highest BCUT2D eigenvalue weighted by Gasteiger charge is 2.20. The molecule has 1 aliphatic heterocycles. The summed E-state index contributed by atoms with van der Waals surface area (Å²) in [6, 6.07) is 4.76. The summed E-state index contributed by atoms with van der Waals surface area (Å²) in [4.78, 5) is 41.5. The van der Waals surface area contributed by atoms with Crippen LogP contribution in [0.1, 0.15) is 38.2 Å². The van der Waals surface area contributed by atoms with E-state index < -0.39 is 11.9 Å². The first-order chi connectivity index (χ1) is 17.3. The maximum atomic E-state index is 12.7. The van der Waals surface area contributed by atoms with E-state index in [1.165, 1.54) is 7.11 Å². The second-order valence-electron chi connectivity index (χ2n) is 9.07. The van der Waals surface area contributed by atoms with Gasteiger partial charge in [-0.15, -0.1) is 0 Å². The highest BCUT2D eigenvalue weighted by molar-refractivity contribution is 5.87. The van der Waals surface area contributed by atoms with Crippen LogP contribution in [0.4, 0.5) is 0 Å². The van der Waals surface area contributed by atoms with Gasteiger partial charge in [0, 0.05) is 40.2 Å². The van der Waals surface area contributed by atoms with Gasteiger partial charge >= 0.3 is 0 Å². The Labute approximate surface area is 214 Å². The second kappa shape index (κ2) is 16.0. The van der Waals surface area contributed by atoms with Crippen molar-refractivity contribution in [1.29, 1.82) is 0 Å². The van der Waals surface area contributed by atoms with Gasteiger partial charge in [0.2, 0.25) is 11.8 Å². The van der Waals surface area contributed by atoms with Crippen LogP contribution in [0.25, 0.3) is 0 Å². The average molecular weight is 507 g/mol. The van der Waals surface area contributed by atoms with Crippen LogP contribution in [0.5, 0.6) is 11.5 Å². The fourth-order valence-electron chi connectivity index (χ4n) is 4.04. The maximum Gasteiger partial charge on any atom is 0.258 e. The molecule has 0 saturated heterocycles. The summed E-state index contributed by atoms with van der Waals surface area (Å²) in [6.07, 6.45) is 3.53. The van der Waals surface area contributed by atoms with E-state index in [0.29, 0.717) is 44.0 Å². The third kappa shape index (κ3) is 10.4. The van der Waals surface area contributed by atoms with Gasteiger partial charge in [0.05, 0.1) is 13.7 Å². The summed E-state index contributed by atoms with van der Waals surface area (Å²) in [5, 5.41) is 5.71. The fourth-order valence-corrected chi connectivity index (χ4v) is 4.04. The Morgan fingerprint density at radius 2 is 1.78 bits per heavy atom. The molecule has 202 valence electrons. The molecule has 10 nitrogen and oxygen atoms in total. The van der Waals surface area contributed by atoms with E-state index in [2.05, 4.69) is 15.5 Å². The van der Waals surface area contributed by atoms with Gasteiger partial charge in [-0.05, 0) is 63.4 Å². The molecule has 1 aromatic carbocycles. The minimum Gasteiger partial charge on any atom is -0.493 e. The summed E-state index contributed by atoms with van der Waals surface area (Å²) in [5.74, 6) is 0.372. The Morgan fingerprint density at radius 3 is 2.53 bits per heavy atom. The molecule has 3 amide bonds. The number of amides is 3. The standard InChI is InChI=1S/C26H42N4O6/c1-20-26(33)29(2)13-5-6-14-30(16-17-34-3)15-7-12-27-24(31)11-9-21-8-10-22(35-4)23(18-21)36-19-25(32)28-20/h8,10,18,20H,5-7,9,11-17,19H2,1-4H3,(H,27,31)(H,28,32)/t20-/m0/s1. The lowest BCUT2D eigenvalue weighted by molar-refractivity contribution is -0.135. The first-order valence-corrected chi connectivity index (χ1v) is 12.7. The van der Waals surface area contributed by atoms with Gasteiger partial charge < -0.3 is 34.6 Å². The first kappa shape index (κ1) is 29.4. The third-order valence-electron chi connectivity index (χ3n) is 6.15. The van der Waals surface area contributed by atoms with Crippen molar-refractivity contribution in [2.75, 3.05) is 67.2 Å². The minimum atomic E-state index is -0.658. The molecular weight excluding hydrogens is 464 g/mol. The number of methoxy groups -OCH3 is 2. The van der Waals surface area contributed by atoms with Gasteiger partial charge in [-0.2, -0.15) is 0 Å². The molecule has 0 aromatic heterocycles. The van der Waals surface area contributed by atoms with Crippen LogP contribution in [-0.4, -0.2) is 101 Å². The van der Waals surface area contributed by atoms with E-state index in [1.807, 2.05) is 6.07 Å². The van der Waals surface area contributed by atoms with Crippen molar-refractivity contribution >= 4 is 17.7 Å². The Morgan fingerprint density at radius 1 is 1.03 bits per heavy atom. The molecule has 1 atom stereocenters. The topological polar surface area (TPSA) is 109 Å². The molecule has 0 fully saturated rings. The van der Waals surface area contributed by atoms with E-state index in [0.717, 1.165) is 44.5 Å². The largest absolute Gasteiger partial charge is 0.493 e. The van der Waals surface area contributed by atoms with Gasteiger partial charge in [0.25, 0.3) is 5.91 Å². The maximum absolute atomic E-state index is 12.7. The van der Waals surface area contributed by atoms with Gasteiger partial charge in [-0.3, -0.25) is 14.4 Å². The lowest BCUT2D eigenvalue weighted by atomic mass is 10.1. The Kier molecular flexibility index (Phi) is 13.1. The Bertz CT molecular complexity index is 850. The van der Waals surface area contributed by atoms with Gasteiger partial charge in [0.1, 0.15) is 6.04 Å². The number of carbonyl (C=O) groups excluding carboxylic acids is 3. The molecule has 36 heavy (non-hydrogen) atoms. The second-order valence-corrected chi connectivity index (χ2v) is 9.07. The molecule has 2 rings (SSSR count). The number of benzene rings is 1. The van der Waals surface area contributed by atoms with Crippen molar-refractivity contribution < 1.29 is 28.6 Å². The molecule has 1 aromatic rings. The summed E-state index contributed by atoms with van der Waals surface area (Å²) >= 11 is 0. The van der Waals surface area contributed by atoms with Crippen LogP contribution in [0.15, 0.2) is 18.2 Å². The predicted molar refractivity (Wildman–Crippen MR) is 137 cm³/mol. The molecule has 0 radical (unpaired) electrons. The lowest BCUT2D eigenvalue weighted by Gasteiger charge is -2.24. The molecule has 0 aliphatic carbocycles. The number of hydrogen-bond donors (Lipinski definition) is 2. The monoisotopic (exact) mass is 506 g/mol. The molecule has 2 N–H and O–H groups in total. The smallest absolute Gasteiger partial charge is 0.258 e. The van der Waals surface area contributed by atoms with E-state index in [-0.39, 0.29) is 18.4 Å². The van der Waals surface area contributed by atoms with Gasteiger partial charge in [-0.1, -0.05) is 6.07 Å². The summed E-state index contributed by atoms with van der Waals surface area (Å²) in [5.41, 5.74) is 0.902. The zero-order valence-electron chi connectivity index (χ0n) is 22.1. The number of ether oxygens (including phenoxy) is 3. The molecule has 0 unspecified atom stereocenters. The summed E-state index contributed by atoms with van der Waals surface area (Å²) in [7, 11) is 4.97. The van der Waals surface area contributed by atoms with E-state index >= 15 is 0 Å². The number of nitrogens with zero attached hydrogens (tertiary/aromatic N) is 2. The normalized spacial score (nSPS) is 20.4. The van der Waals surface area contributed by atoms with Crippen molar-refractivity contribution in [2.24, 2.45) is 0 Å². The summed E-state index contributed by atoms with van der Waals surface area (Å²) < 4.78 is 16.3. The fraction of sp³-hybridized carbons (Fsp3) is 0.654. The molecule has 0 spiro atoms. The Hall–Kier alpha value is -2.85. The zero-order chi connectivity index (χ0) is 26.3. The van der Waals surface area contributed by atoms with Crippen LogP contribution in [0.3, 0.4) is 0 Å². The average Bonchev–Trinajstić information content (AvgIpc) is 2.87. The molecule has 1 heterocycles. The van der Waals surface area contributed by atoms with Crippen LogP contribution in [0, 0.1) is 0 Å². The van der Waals surface area contributed by atoms with Crippen molar-refractivity contribution in [1.82, 2.24) is 20.4 Å². The number of nitrogens with one attached hydrogen (secondary N) is 2. The molecule has 10 heteroatoms. The number of hydrogen-bond acceptors (Lipinski definition) is 7. The predicted octanol–water partition coefficient (Wildman–Crippen LogP) is 1.22. The van der Waals surface area contributed by atoms with Crippen molar-refractivity contribution in [2.45, 2.75) is 45.1 Å². The lowest BCUT2D eigenvalue weighted by Crippen LogP contribution is -2.47. The van der Waals surface area contributed by atoms with E-state index in [4.69, 9.17) is 14.2 Å². The number of aryl methyl sites for hydroxylation is 1. The Balaban J connectivity index is 2.08. The van der Waals surface area contributed by atoms with Gasteiger partial charge in [-0.25, -0.2) is 0 Å². The SMILES string of the molecule is COCCN1CCCCN(C)C(=O)[C@H](C)NC(=O)COc2cc(ccc2OC)CCC(=O)NCCC1. The van der Waals surface area contributed by atoms with E-state index in [9.17, 15) is 14.4 Å². The van der Waals surface area contributed by atoms with Crippen molar-refractivity contribution in [3.8, 4) is 11.5 Å². The first-order valence-electron chi connectivity index (χ1n) is 12.7. The molecule has 2 bridgehead atoms. The molecule has 0 saturated carbocycles. The quantitative estimate of drug-likeness (QED) is 0.632. The highest BCUT2D eigenvalue weighted by atomic mass is 16.5. The number of fused-ring (bicyclic) bond motifs is 2. The number of rotatable bonds is 4. The highest BCUT2D eigenvalue weighted by Crippen LogP contribution is 2.28. The summed E-state index contributed by atoms with van der Waals surface area (Å²) in [6.45, 7) is 5.87. The number of likely N-dealkylation sites (N-methyl/N-ethyl adjacent to an activating group) is 1. The zero-order valence-corrected chi connectivity index (χ0v) is 22.1. The third-order valence-corrected chi connectivity index (χ3v) is 6.15. The van der Waals surface area contributed by atoms with E-state index in [1.54, 1.807) is 38.1 Å². The van der Waals surface area contributed by atoms with Crippen molar-refractivity contribution in [3.05, 3.63) is 23.8 Å². The van der Waals surface area contributed by atoms with Crippen LogP contribution < -0.4 is 20.1 Å². The van der Waals surface area contributed by atoms with Crippen molar-refractivity contribution in [3.63, 3.8) is 0 Å². The van der Waals surface area contributed by atoms with Crippen LogP contribution in [0.2, 0.25) is 0 Å². The number of carbonyl (C=O) groups is 3. The molecule has 1 aliphatic rings. The van der Waals surface area contributed by atoms with Crippen LogP contribution in [-0.2, 0) is 25.5 Å². The molecular formula is C26H42N4O6. The minimum absolute atomic E-state index is 0.0000562. The van der Waals surface area contributed by atoms with Gasteiger partial charge in [0.15, 0.2) is 18.1 Å². The van der Waals surface area contributed by atoms with Crippen LogP contribution >= 0.6 is 0 Å².